The topological polar surface area (TPSA) is 13.0 Å². The van der Waals surface area contributed by atoms with E-state index in [2.05, 4.69) is 77.4 Å². The number of hydrogen-bond donors (Lipinski definition) is 0. The Morgan fingerprint density at radius 2 is 1.19 bits per heavy atom. The van der Waals surface area contributed by atoms with Gasteiger partial charge in [-0.05, 0) is 0 Å². The van der Waals surface area contributed by atoms with Crippen LogP contribution in [0.3, 0.4) is 0 Å². The number of hydrogen-bond acceptors (Lipinski definition) is 4. The van der Waals surface area contributed by atoms with Crippen LogP contribution in [0.4, 0.5) is 0 Å². The SMILES string of the molecule is C[CH](C)[Sn]([N](C)C)([N](C)C)[N](C)CN(C)C. The summed E-state index contributed by atoms with van der Waals surface area (Å²) in [6, 6.07) is 0. The molecule has 0 aliphatic rings. The van der Waals surface area contributed by atoms with Gasteiger partial charge in [0.15, 0.2) is 0 Å². The third kappa shape index (κ3) is 3.32. The molecule has 0 saturated carbocycles. The molecule has 0 aromatic heterocycles. The van der Waals surface area contributed by atoms with Gasteiger partial charge < -0.3 is 0 Å². The van der Waals surface area contributed by atoms with E-state index in [0.29, 0.717) is 0 Å². The minimum absolute atomic E-state index is 0.726. The maximum absolute atomic E-state index is 2.60. The van der Waals surface area contributed by atoms with Crippen molar-refractivity contribution in [2.45, 2.75) is 17.8 Å². The zero-order valence-corrected chi connectivity index (χ0v) is 15.4. The Kier molecular flexibility index (Phi) is 6.80. The molecule has 5 heteroatoms. The second-order valence-electron chi connectivity index (χ2n) is 5.55. The molecule has 0 aromatic carbocycles. The van der Waals surface area contributed by atoms with Gasteiger partial charge in [-0.3, -0.25) is 0 Å². The van der Waals surface area contributed by atoms with Crippen molar-refractivity contribution in [3.8, 4) is 0 Å². The molecule has 0 amide bonds. The van der Waals surface area contributed by atoms with Gasteiger partial charge in [-0.1, -0.05) is 0 Å². The molecule has 0 bridgehead atoms. The van der Waals surface area contributed by atoms with E-state index in [4.69, 9.17) is 0 Å². The van der Waals surface area contributed by atoms with Crippen molar-refractivity contribution in [3.05, 3.63) is 0 Å². The summed E-state index contributed by atoms with van der Waals surface area (Å²) in [7, 11) is 15.5. The van der Waals surface area contributed by atoms with E-state index in [1.54, 1.807) is 0 Å². The van der Waals surface area contributed by atoms with E-state index in [0.717, 1.165) is 10.6 Å². The van der Waals surface area contributed by atoms with Gasteiger partial charge in [-0.2, -0.15) is 0 Å². The Labute approximate surface area is 107 Å². The Hall–Kier alpha value is 0.639. The first-order chi connectivity index (χ1) is 7.17. The maximum atomic E-state index is 2.60. The minimum atomic E-state index is -2.60. The average molecular weight is 337 g/mol. The normalized spacial score (nSPS) is 13.9. The van der Waals surface area contributed by atoms with Crippen LogP contribution in [0.15, 0.2) is 0 Å². The Morgan fingerprint density at radius 1 is 0.812 bits per heavy atom. The summed E-state index contributed by atoms with van der Waals surface area (Å²) in [6.07, 6.45) is 0. The van der Waals surface area contributed by atoms with Crippen LogP contribution in [0, 0.1) is 0 Å². The molecular weight excluding hydrogens is 307 g/mol. The molecule has 0 aliphatic carbocycles. The van der Waals surface area contributed by atoms with Gasteiger partial charge in [-0.25, -0.2) is 0 Å². The summed E-state index contributed by atoms with van der Waals surface area (Å²) >= 11 is -2.60. The van der Waals surface area contributed by atoms with Crippen molar-refractivity contribution in [1.29, 1.82) is 0 Å². The predicted molar refractivity (Wildman–Crippen MR) is 74.5 cm³/mol. The van der Waals surface area contributed by atoms with Crippen molar-refractivity contribution >= 4 is 19.2 Å². The zero-order valence-electron chi connectivity index (χ0n) is 12.6. The molecule has 16 heavy (non-hydrogen) atoms. The van der Waals surface area contributed by atoms with Crippen molar-refractivity contribution in [1.82, 2.24) is 14.3 Å². The summed E-state index contributed by atoms with van der Waals surface area (Å²) in [4.78, 5) is 2.25. The third-order valence-corrected chi connectivity index (χ3v) is 18.7. The molecule has 0 spiro atoms. The first-order valence-electron chi connectivity index (χ1n) is 5.88. The molecule has 0 N–H and O–H groups in total. The summed E-state index contributed by atoms with van der Waals surface area (Å²) in [6.45, 7) is 5.76. The Bertz CT molecular complexity index is 182. The molecule has 0 aromatic rings. The van der Waals surface area contributed by atoms with Crippen LogP contribution in [-0.2, 0) is 0 Å². The van der Waals surface area contributed by atoms with Crippen molar-refractivity contribution < 1.29 is 0 Å². The Balaban J connectivity index is 5.18. The molecule has 0 radical (unpaired) electrons. The van der Waals surface area contributed by atoms with E-state index >= 15 is 0 Å². The Morgan fingerprint density at radius 3 is 1.38 bits per heavy atom. The average Bonchev–Trinajstić information content (AvgIpc) is 1.99. The van der Waals surface area contributed by atoms with Crippen LogP contribution >= 0.6 is 0 Å². The van der Waals surface area contributed by atoms with E-state index in [1.165, 1.54) is 0 Å². The van der Waals surface area contributed by atoms with Crippen molar-refractivity contribution in [2.75, 3.05) is 56.0 Å². The third-order valence-electron chi connectivity index (χ3n) is 3.15. The van der Waals surface area contributed by atoms with E-state index in [1.807, 2.05) is 0 Å². The first-order valence-corrected chi connectivity index (χ1v) is 11.4. The monoisotopic (exact) mass is 338 g/mol. The molecule has 0 aliphatic heterocycles. The molecule has 98 valence electrons. The summed E-state index contributed by atoms with van der Waals surface area (Å²) in [5, 5.41) is 0. The fourth-order valence-electron chi connectivity index (χ4n) is 3.08. The molecule has 0 saturated heterocycles. The van der Waals surface area contributed by atoms with Crippen LogP contribution in [-0.4, -0.2) is 89.5 Å². The fraction of sp³-hybridized carbons (Fsp3) is 1.00. The molecule has 0 rings (SSSR count). The van der Waals surface area contributed by atoms with Gasteiger partial charge >= 0.3 is 107 Å². The van der Waals surface area contributed by atoms with E-state index in [-0.39, 0.29) is 0 Å². The number of nitrogens with zero attached hydrogens (tertiary/aromatic N) is 4. The van der Waals surface area contributed by atoms with Crippen molar-refractivity contribution in [2.24, 2.45) is 0 Å². The van der Waals surface area contributed by atoms with Gasteiger partial charge in [0, 0.05) is 0 Å². The second-order valence-corrected chi connectivity index (χ2v) is 20.1. The summed E-state index contributed by atoms with van der Waals surface area (Å²) in [5.74, 6) is 0. The quantitative estimate of drug-likeness (QED) is 0.528. The molecule has 0 unspecified atom stereocenters. The fourth-order valence-corrected chi connectivity index (χ4v) is 19.1. The number of rotatable bonds is 6. The van der Waals surface area contributed by atoms with Gasteiger partial charge in [0.05, 0.1) is 0 Å². The molecule has 4 nitrogen and oxygen atoms in total. The molecule has 0 fully saturated rings. The van der Waals surface area contributed by atoms with Gasteiger partial charge in [0.25, 0.3) is 0 Å². The van der Waals surface area contributed by atoms with Crippen molar-refractivity contribution in [3.63, 3.8) is 0 Å². The van der Waals surface area contributed by atoms with Crippen LogP contribution in [0.2, 0.25) is 3.93 Å². The zero-order chi connectivity index (χ0) is 13.1. The van der Waals surface area contributed by atoms with Crippen LogP contribution in [0.5, 0.6) is 0 Å². The summed E-state index contributed by atoms with van der Waals surface area (Å²) < 4.78 is 8.33. The van der Waals surface area contributed by atoms with Crippen LogP contribution < -0.4 is 0 Å². The molecule has 0 heterocycles. The van der Waals surface area contributed by atoms with Gasteiger partial charge in [-0.15, -0.1) is 0 Å². The summed E-state index contributed by atoms with van der Waals surface area (Å²) in [5.41, 5.74) is 0. The first kappa shape index (κ1) is 16.6. The second kappa shape index (κ2) is 6.54. The van der Waals surface area contributed by atoms with E-state index in [9.17, 15) is 0 Å². The van der Waals surface area contributed by atoms with E-state index < -0.39 is 19.2 Å². The van der Waals surface area contributed by atoms with Crippen LogP contribution in [0.1, 0.15) is 13.8 Å². The molecular formula is C11H30N4Sn. The van der Waals surface area contributed by atoms with Gasteiger partial charge in [0.2, 0.25) is 0 Å². The standard InChI is InChI=1S/C4H11N2.C3H7.2C2H6N.Sn/c1-5-4-6(2)3;3*1-3-2;/h4H2,1-3H3;3H,1-2H3;2*1-2H3;/q-1;;2*-1;+3. The molecule has 0 atom stereocenters. The van der Waals surface area contributed by atoms with Gasteiger partial charge in [0.1, 0.15) is 0 Å². The van der Waals surface area contributed by atoms with Crippen LogP contribution in [0.25, 0.3) is 0 Å². The predicted octanol–water partition coefficient (Wildman–Crippen LogP) is 0.909.